The van der Waals surface area contributed by atoms with Gasteiger partial charge in [0.2, 0.25) is 0 Å². The number of hydrogen-bond donors (Lipinski definition) is 2. The number of aliphatic hydroxyl groups excluding tert-OH is 2. The molecule has 1 aliphatic heterocycles. The van der Waals surface area contributed by atoms with Gasteiger partial charge in [-0.05, 0) is 37.2 Å². The lowest BCUT2D eigenvalue weighted by Gasteiger charge is -2.40. The van der Waals surface area contributed by atoms with Crippen LogP contribution in [-0.4, -0.2) is 34.5 Å². The van der Waals surface area contributed by atoms with Crippen molar-refractivity contribution in [3.63, 3.8) is 0 Å². The summed E-state index contributed by atoms with van der Waals surface area (Å²) in [5, 5.41) is 20.7. The van der Waals surface area contributed by atoms with Gasteiger partial charge >= 0.3 is 5.97 Å². The van der Waals surface area contributed by atoms with E-state index in [-0.39, 0.29) is 18.0 Å². The molecule has 4 nitrogen and oxygen atoms in total. The molecule has 0 aromatic rings. The third-order valence-electron chi connectivity index (χ3n) is 5.69. The maximum Gasteiger partial charge on any atom is 0.334 e. The lowest BCUT2D eigenvalue weighted by molar-refractivity contribution is -0.151. The minimum absolute atomic E-state index is 0.0105. The number of hydrogen-bond acceptors (Lipinski definition) is 4. The monoisotopic (exact) mass is 266 g/mol. The van der Waals surface area contributed by atoms with Crippen LogP contribution in [0.1, 0.15) is 40.0 Å². The minimum atomic E-state index is -0.619. The van der Waals surface area contributed by atoms with E-state index in [0.29, 0.717) is 17.9 Å². The number of ether oxygens (including phenoxy) is 1. The first-order chi connectivity index (χ1) is 8.87. The van der Waals surface area contributed by atoms with E-state index < -0.39 is 17.6 Å². The first-order valence-corrected chi connectivity index (χ1v) is 7.14. The average Bonchev–Trinajstić information content (AvgIpc) is 2.70. The van der Waals surface area contributed by atoms with E-state index >= 15 is 0 Å². The Hall–Kier alpha value is -0.870. The third kappa shape index (κ3) is 1.56. The van der Waals surface area contributed by atoms with E-state index in [0.717, 1.165) is 18.4 Å². The van der Waals surface area contributed by atoms with Crippen LogP contribution in [0.5, 0.6) is 0 Å². The van der Waals surface area contributed by atoms with Gasteiger partial charge in [-0.1, -0.05) is 13.8 Å². The Morgan fingerprint density at radius 1 is 1.37 bits per heavy atom. The molecule has 0 aromatic carbocycles. The van der Waals surface area contributed by atoms with Crippen LogP contribution in [0, 0.1) is 17.3 Å². The zero-order valence-electron chi connectivity index (χ0n) is 11.7. The van der Waals surface area contributed by atoms with Gasteiger partial charge in [-0.2, -0.15) is 0 Å². The van der Waals surface area contributed by atoms with Crippen molar-refractivity contribution in [2.75, 3.05) is 0 Å². The summed E-state index contributed by atoms with van der Waals surface area (Å²) in [7, 11) is 0. The second-order valence-electron chi connectivity index (χ2n) is 6.66. The Balaban J connectivity index is 2.11. The highest BCUT2D eigenvalue weighted by Gasteiger charge is 2.61. The molecule has 1 heterocycles. The van der Waals surface area contributed by atoms with Crippen LogP contribution in [0.4, 0.5) is 0 Å². The van der Waals surface area contributed by atoms with E-state index in [9.17, 15) is 15.0 Å². The van der Waals surface area contributed by atoms with Gasteiger partial charge < -0.3 is 14.9 Å². The number of rotatable bonds is 0. The molecule has 4 heteroatoms. The molecule has 0 unspecified atom stereocenters. The van der Waals surface area contributed by atoms with Gasteiger partial charge in [0.25, 0.3) is 0 Å². The van der Waals surface area contributed by atoms with Crippen LogP contribution in [0.25, 0.3) is 0 Å². The van der Waals surface area contributed by atoms with Gasteiger partial charge in [0, 0.05) is 17.4 Å². The Kier molecular flexibility index (Phi) is 2.81. The molecular formula is C15H22O4. The van der Waals surface area contributed by atoms with Crippen LogP contribution in [0.3, 0.4) is 0 Å². The molecule has 19 heavy (non-hydrogen) atoms. The van der Waals surface area contributed by atoms with Crippen molar-refractivity contribution in [3.05, 3.63) is 11.1 Å². The summed E-state index contributed by atoms with van der Waals surface area (Å²) in [6.45, 7) is 5.91. The van der Waals surface area contributed by atoms with Crippen molar-refractivity contribution in [2.45, 2.75) is 58.3 Å². The van der Waals surface area contributed by atoms with Gasteiger partial charge in [0.05, 0.1) is 12.2 Å². The molecule has 3 aliphatic rings. The second kappa shape index (κ2) is 4.06. The first kappa shape index (κ1) is 13.1. The molecule has 0 amide bonds. The zero-order chi connectivity index (χ0) is 13.9. The van der Waals surface area contributed by atoms with Gasteiger partial charge in [-0.15, -0.1) is 0 Å². The number of fused-ring (bicyclic) bond motifs is 3. The Morgan fingerprint density at radius 3 is 2.74 bits per heavy atom. The Labute approximate surface area is 113 Å². The van der Waals surface area contributed by atoms with Crippen molar-refractivity contribution in [1.82, 2.24) is 0 Å². The quantitative estimate of drug-likeness (QED) is 0.651. The summed E-state index contributed by atoms with van der Waals surface area (Å²) in [5.74, 6) is 0.0496. The SMILES string of the molecule is CC1=C2CC[C@H](C)[C@@H]3[C@@H](O)C[C@@H](O)[C@@]3(C)[C@@H]2OC1=O. The smallest absolute Gasteiger partial charge is 0.334 e. The van der Waals surface area contributed by atoms with Crippen molar-refractivity contribution in [3.8, 4) is 0 Å². The first-order valence-electron chi connectivity index (χ1n) is 7.14. The number of aliphatic hydroxyl groups is 2. The van der Waals surface area contributed by atoms with Gasteiger partial charge in [0.15, 0.2) is 0 Å². The van der Waals surface area contributed by atoms with Crippen LogP contribution >= 0.6 is 0 Å². The fraction of sp³-hybridized carbons (Fsp3) is 0.800. The molecule has 6 atom stereocenters. The summed E-state index contributed by atoms with van der Waals surface area (Å²) in [6.07, 6.45) is 0.660. The number of esters is 1. The zero-order valence-corrected chi connectivity index (χ0v) is 11.7. The lowest BCUT2D eigenvalue weighted by Crippen LogP contribution is -2.46. The molecule has 2 saturated carbocycles. The highest BCUT2D eigenvalue weighted by Crippen LogP contribution is 2.57. The second-order valence-corrected chi connectivity index (χ2v) is 6.66. The molecule has 0 aromatic heterocycles. The molecular weight excluding hydrogens is 244 g/mol. The van der Waals surface area contributed by atoms with E-state index in [1.54, 1.807) is 0 Å². The van der Waals surface area contributed by atoms with E-state index in [1.165, 1.54) is 0 Å². The summed E-state index contributed by atoms with van der Waals surface area (Å²) in [5.41, 5.74) is 1.18. The maximum absolute atomic E-state index is 11.8. The molecule has 0 saturated heterocycles. The highest BCUT2D eigenvalue weighted by atomic mass is 16.6. The van der Waals surface area contributed by atoms with Crippen LogP contribution < -0.4 is 0 Å². The average molecular weight is 266 g/mol. The third-order valence-corrected chi connectivity index (χ3v) is 5.69. The summed E-state index contributed by atoms with van der Waals surface area (Å²) < 4.78 is 5.56. The fourth-order valence-electron chi connectivity index (χ4n) is 4.59. The standard InChI is InChI=1S/C15H22O4/c1-7-4-5-9-8(2)14(18)19-13(9)15(3)11(17)6-10(16)12(7)15/h7,10-13,16-17H,4-6H2,1-3H3/t7-,10-,11+,12+,13+,15+/m0/s1. The molecule has 3 rings (SSSR count). The van der Waals surface area contributed by atoms with Crippen LogP contribution in [0.2, 0.25) is 0 Å². The van der Waals surface area contributed by atoms with Crippen LogP contribution in [-0.2, 0) is 9.53 Å². The number of carbonyl (C=O) groups excluding carboxylic acids is 1. The van der Waals surface area contributed by atoms with E-state index in [2.05, 4.69) is 6.92 Å². The van der Waals surface area contributed by atoms with Gasteiger partial charge in [-0.3, -0.25) is 0 Å². The minimum Gasteiger partial charge on any atom is -0.454 e. The molecule has 0 bridgehead atoms. The Morgan fingerprint density at radius 2 is 2.05 bits per heavy atom. The number of carbonyl (C=O) groups is 1. The normalized spacial score (nSPS) is 49.7. The summed E-state index contributed by atoms with van der Waals surface area (Å²) in [6, 6.07) is 0. The van der Waals surface area contributed by atoms with Crippen molar-refractivity contribution >= 4 is 5.97 Å². The molecule has 0 radical (unpaired) electrons. The van der Waals surface area contributed by atoms with Crippen molar-refractivity contribution < 1.29 is 19.7 Å². The molecule has 106 valence electrons. The topological polar surface area (TPSA) is 66.8 Å². The van der Waals surface area contributed by atoms with Crippen molar-refractivity contribution in [2.24, 2.45) is 17.3 Å². The van der Waals surface area contributed by atoms with Crippen LogP contribution in [0.15, 0.2) is 11.1 Å². The summed E-state index contributed by atoms with van der Waals surface area (Å²) in [4.78, 5) is 11.8. The molecule has 2 fully saturated rings. The predicted octanol–water partition coefficient (Wildman–Crippen LogP) is 1.41. The molecule has 0 spiro atoms. The summed E-state index contributed by atoms with van der Waals surface area (Å²) >= 11 is 0. The Bertz CT molecular complexity index is 455. The highest BCUT2D eigenvalue weighted by molar-refractivity contribution is 5.91. The van der Waals surface area contributed by atoms with E-state index in [4.69, 9.17) is 4.74 Å². The van der Waals surface area contributed by atoms with Crippen molar-refractivity contribution in [1.29, 1.82) is 0 Å². The van der Waals surface area contributed by atoms with E-state index in [1.807, 2.05) is 13.8 Å². The maximum atomic E-state index is 11.8. The fourth-order valence-corrected chi connectivity index (χ4v) is 4.59. The van der Waals surface area contributed by atoms with Gasteiger partial charge in [0.1, 0.15) is 6.10 Å². The largest absolute Gasteiger partial charge is 0.454 e. The predicted molar refractivity (Wildman–Crippen MR) is 69.2 cm³/mol. The molecule has 2 N–H and O–H groups in total. The lowest BCUT2D eigenvalue weighted by atomic mass is 9.68. The van der Waals surface area contributed by atoms with Gasteiger partial charge in [-0.25, -0.2) is 4.79 Å². The molecule has 2 aliphatic carbocycles.